The molecule has 0 aromatic heterocycles. The van der Waals surface area contributed by atoms with Crippen LogP contribution in [-0.2, 0) is 6.54 Å². The van der Waals surface area contributed by atoms with E-state index in [1.165, 1.54) is 11.1 Å². The molecule has 18 heavy (non-hydrogen) atoms. The largest absolute Gasteiger partial charge is 0.299 e. The van der Waals surface area contributed by atoms with Gasteiger partial charge in [-0.3, -0.25) is 4.90 Å². The van der Waals surface area contributed by atoms with Crippen molar-refractivity contribution in [3.63, 3.8) is 0 Å². The van der Waals surface area contributed by atoms with Crippen molar-refractivity contribution in [1.82, 2.24) is 4.90 Å². The van der Waals surface area contributed by atoms with Gasteiger partial charge < -0.3 is 0 Å². The van der Waals surface area contributed by atoms with Crippen LogP contribution in [0.25, 0.3) is 0 Å². The van der Waals surface area contributed by atoms with Gasteiger partial charge in [-0.05, 0) is 36.8 Å². The maximum Gasteiger partial charge on any atom is 0.110 e. The maximum absolute atomic E-state index is 13.7. The molecule has 2 heteroatoms. The van der Waals surface area contributed by atoms with Crippen LogP contribution in [0.3, 0.4) is 0 Å². The highest BCUT2D eigenvalue weighted by atomic mass is 19.1. The third-order valence-electron chi connectivity index (χ3n) is 3.95. The first kappa shape index (κ1) is 13.5. The number of rotatable bonds is 3. The molecule has 0 unspecified atom stereocenters. The van der Waals surface area contributed by atoms with E-state index in [1.807, 2.05) is 0 Å². The Kier molecular flexibility index (Phi) is 4.06. The third kappa shape index (κ3) is 3.55. The van der Waals surface area contributed by atoms with Crippen LogP contribution in [0.2, 0.25) is 0 Å². The molecule has 1 aliphatic rings. The van der Waals surface area contributed by atoms with Crippen LogP contribution in [0.15, 0.2) is 24.3 Å². The second-order valence-corrected chi connectivity index (χ2v) is 6.09. The molecular weight excluding hydrogens is 225 g/mol. The van der Waals surface area contributed by atoms with Gasteiger partial charge in [-0.25, -0.2) is 4.39 Å². The number of halogens is 1. The summed E-state index contributed by atoms with van der Waals surface area (Å²) in [6.07, 6.45) is 1.33. The van der Waals surface area contributed by atoms with E-state index in [-0.39, 0.29) is 0 Å². The topological polar surface area (TPSA) is 3.24 Å². The number of likely N-dealkylation sites (tertiary alicyclic amines) is 1. The van der Waals surface area contributed by atoms with Crippen molar-refractivity contribution in [2.75, 3.05) is 13.1 Å². The van der Waals surface area contributed by atoms with Crippen molar-refractivity contribution in [2.24, 2.45) is 0 Å². The van der Waals surface area contributed by atoms with E-state index in [0.717, 1.165) is 19.6 Å². The van der Waals surface area contributed by atoms with E-state index in [0.29, 0.717) is 18.8 Å². The summed E-state index contributed by atoms with van der Waals surface area (Å²) in [7, 11) is 0. The van der Waals surface area contributed by atoms with Gasteiger partial charge in [0.2, 0.25) is 0 Å². The van der Waals surface area contributed by atoms with Gasteiger partial charge in [0, 0.05) is 19.6 Å². The molecule has 1 aromatic carbocycles. The molecule has 0 N–H and O–H groups in total. The average Bonchev–Trinajstić information content (AvgIpc) is 2.33. The molecule has 1 aromatic rings. The molecule has 0 atom stereocenters. The molecule has 0 spiro atoms. The van der Waals surface area contributed by atoms with Crippen LogP contribution in [0.1, 0.15) is 50.7 Å². The second kappa shape index (κ2) is 5.40. The zero-order chi connectivity index (χ0) is 13.2. The standard InChI is InChI=1S/C16H24FN/c1-13(2)15-6-4-14(5-7-15)12-18-10-8-16(3,17)9-11-18/h4-7,13H,8-12H2,1-3H3. The molecule has 0 amide bonds. The summed E-state index contributed by atoms with van der Waals surface area (Å²) in [6.45, 7) is 8.84. The highest BCUT2D eigenvalue weighted by molar-refractivity contribution is 5.24. The minimum absolute atomic E-state index is 0.585. The Balaban J connectivity index is 1.90. The summed E-state index contributed by atoms with van der Waals surface area (Å²) in [5, 5.41) is 0. The Morgan fingerprint density at radius 1 is 1.17 bits per heavy atom. The Labute approximate surface area is 110 Å². The van der Waals surface area contributed by atoms with Gasteiger partial charge in [0.25, 0.3) is 0 Å². The molecule has 1 heterocycles. The summed E-state index contributed by atoms with van der Waals surface area (Å²) in [6, 6.07) is 8.84. The van der Waals surface area contributed by atoms with Gasteiger partial charge in [0.05, 0.1) is 0 Å². The fourth-order valence-corrected chi connectivity index (χ4v) is 2.44. The average molecular weight is 249 g/mol. The summed E-state index contributed by atoms with van der Waals surface area (Å²) in [4.78, 5) is 2.35. The minimum atomic E-state index is -0.946. The zero-order valence-corrected chi connectivity index (χ0v) is 11.7. The van der Waals surface area contributed by atoms with Gasteiger partial charge >= 0.3 is 0 Å². The van der Waals surface area contributed by atoms with E-state index in [2.05, 4.69) is 43.0 Å². The van der Waals surface area contributed by atoms with Gasteiger partial charge in [0.15, 0.2) is 0 Å². The van der Waals surface area contributed by atoms with Gasteiger partial charge in [-0.2, -0.15) is 0 Å². The first-order valence-corrected chi connectivity index (χ1v) is 6.96. The Hall–Kier alpha value is -0.890. The van der Waals surface area contributed by atoms with Crippen LogP contribution in [0.5, 0.6) is 0 Å². The molecule has 0 bridgehead atoms. The van der Waals surface area contributed by atoms with E-state index in [4.69, 9.17) is 0 Å². The van der Waals surface area contributed by atoms with Crippen molar-refractivity contribution in [3.8, 4) is 0 Å². The number of hydrogen-bond donors (Lipinski definition) is 0. The van der Waals surface area contributed by atoms with Gasteiger partial charge in [-0.1, -0.05) is 38.1 Å². The predicted octanol–water partition coefficient (Wildman–Crippen LogP) is 4.13. The number of hydrogen-bond acceptors (Lipinski definition) is 1. The molecule has 1 fully saturated rings. The summed E-state index contributed by atoms with van der Waals surface area (Å²) >= 11 is 0. The highest BCUT2D eigenvalue weighted by Gasteiger charge is 2.29. The van der Waals surface area contributed by atoms with E-state index in [1.54, 1.807) is 6.92 Å². The number of benzene rings is 1. The first-order valence-electron chi connectivity index (χ1n) is 6.96. The van der Waals surface area contributed by atoms with Gasteiger partial charge in [-0.15, -0.1) is 0 Å². The summed E-state index contributed by atoms with van der Waals surface area (Å²) < 4.78 is 13.7. The van der Waals surface area contributed by atoms with Crippen molar-refractivity contribution in [1.29, 1.82) is 0 Å². The first-order chi connectivity index (χ1) is 8.46. The minimum Gasteiger partial charge on any atom is -0.299 e. The zero-order valence-electron chi connectivity index (χ0n) is 11.7. The van der Waals surface area contributed by atoms with Crippen molar-refractivity contribution in [3.05, 3.63) is 35.4 Å². The molecule has 0 aliphatic carbocycles. The summed E-state index contributed by atoms with van der Waals surface area (Å²) in [5.41, 5.74) is 1.77. The normalized spacial score (nSPS) is 20.3. The lowest BCUT2D eigenvalue weighted by atomic mass is 9.95. The lowest BCUT2D eigenvalue weighted by Gasteiger charge is -2.34. The molecule has 2 rings (SSSR count). The maximum atomic E-state index is 13.7. The predicted molar refractivity (Wildman–Crippen MR) is 74.6 cm³/mol. The highest BCUT2D eigenvalue weighted by Crippen LogP contribution is 2.26. The fraction of sp³-hybridized carbons (Fsp3) is 0.625. The van der Waals surface area contributed by atoms with Crippen LogP contribution in [-0.4, -0.2) is 23.7 Å². The van der Waals surface area contributed by atoms with Crippen molar-refractivity contribution >= 4 is 0 Å². The third-order valence-corrected chi connectivity index (χ3v) is 3.95. The second-order valence-electron chi connectivity index (χ2n) is 6.09. The van der Waals surface area contributed by atoms with Crippen LogP contribution < -0.4 is 0 Å². The molecule has 1 nitrogen and oxygen atoms in total. The number of piperidine rings is 1. The molecule has 1 saturated heterocycles. The summed E-state index contributed by atoms with van der Waals surface area (Å²) in [5.74, 6) is 0.585. The molecule has 1 aliphatic heterocycles. The monoisotopic (exact) mass is 249 g/mol. The Morgan fingerprint density at radius 3 is 2.22 bits per heavy atom. The molecule has 0 radical (unpaired) electrons. The lowest BCUT2D eigenvalue weighted by Crippen LogP contribution is -2.39. The Morgan fingerprint density at radius 2 is 1.72 bits per heavy atom. The SMILES string of the molecule is CC(C)c1ccc(CN2CCC(C)(F)CC2)cc1. The number of alkyl halides is 1. The van der Waals surface area contributed by atoms with Crippen LogP contribution in [0, 0.1) is 0 Å². The van der Waals surface area contributed by atoms with Crippen molar-refractivity contribution < 1.29 is 4.39 Å². The van der Waals surface area contributed by atoms with E-state index < -0.39 is 5.67 Å². The van der Waals surface area contributed by atoms with Crippen molar-refractivity contribution in [2.45, 2.75) is 51.7 Å². The lowest BCUT2D eigenvalue weighted by molar-refractivity contribution is 0.0705. The van der Waals surface area contributed by atoms with Crippen LogP contribution >= 0.6 is 0 Å². The molecule has 100 valence electrons. The quantitative estimate of drug-likeness (QED) is 0.778. The molecular formula is C16H24FN. The van der Waals surface area contributed by atoms with E-state index in [9.17, 15) is 4.39 Å². The van der Waals surface area contributed by atoms with E-state index >= 15 is 0 Å². The number of nitrogens with zero attached hydrogens (tertiary/aromatic N) is 1. The molecule has 0 saturated carbocycles. The van der Waals surface area contributed by atoms with Gasteiger partial charge in [0.1, 0.15) is 5.67 Å². The Bertz CT molecular complexity index is 371. The van der Waals surface area contributed by atoms with Crippen LogP contribution in [0.4, 0.5) is 4.39 Å². The smallest absolute Gasteiger partial charge is 0.110 e. The fourth-order valence-electron chi connectivity index (χ4n) is 2.44.